The Balaban J connectivity index is 1.59. The number of carbonyl (C=O) groups excluding carboxylic acids is 1. The molecule has 0 aliphatic heterocycles. The van der Waals surface area contributed by atoms with E-state index in [0.717, 1.165) is 33.9 Å². The van der Waals surface area contributed by atoms with Crippen LogP contribution in [0.15, 0.2) is 66.7 Å². The molecule has 0 bridgehead atoms. The lowest BCUT2D eigenvalue weighted by atomic mass is 9.95. The third-order valence-corrected chi connectivity index (χ3v) is 6.21. The van der Waals surface area contributed by atoms with Gasteiger partial charge in [-0.15, -0.1) is 0 Å². The highest BCUT2D eigenvalue weighted by molar-refractivity contribution is 5.72. The molecule has 4 rings (SSSR count). The zero-order chi connectivity index (χ0) is 24.3. The van der Waals surface area contributed by atoms with Crippen molar-refractivity contribution >= 4 is 5.97 Å². The first kappa shape index (κ1) is 24.0. The molecule has 4 nitrogen and oxygen atoms in total. The number of methoxy groups -OCH3 is 1. The Morgan fingerprint density at radius 1 is 1.03 bits per heavy atom. The molecule has 34 heavy (non-hydrogen) atoms. The van der Waals surface area contributed by atoms with Crippen LogP contribution in [-0.2, 0) is 41.5 Å². The average molecular weight is 470 g/mol. The highest BCUT2D eigenvalue weighted by atomic mass is 19.4. The Morgan fingerprint density at radius 2 is 1.79 bits per heavy atom. The van der Waals surface area contributed by atoms with Crippen molar-refractivity contribution in [2.45, 2.75) is 44.1 Å². The molecule has 0 aromatic heterocycles. The normalized spacial score (nSPS) is 17.4. The number of aliphatic hydroxyl groups is 1. The topological polar surface area (TPSA) is 58.6 Å². The number of hydrogen-bond donors (Lipinski definition) is 2. The van der Waals surface area contributed by atoms with Crippen molar-refractivity contribution in [3.8, 4) is 0 Å². The van der Waals surface area contributed by atoms with Gasteiger partial charge in [-0.2, -0.15) is 13.2 Å². The third kappa shape index (κ3) is 5.48. The quantitative estimate of drug-likeness (QED) is 0.490. The van der Waals surface area contributed by atoms with Crippen LogP contribution in [0.5, 0.6) is 0 Å². The molecule has 0 heterocycles. The smallest absolute Gasteiger partial charge is 0.416 e. The van der Waals surface area contributed by atoms with Crippen molar-refractivity contribution in [1.29, 1.82) is 0 Å². The molecular formula is C27H26F3NO3. The fourth-order valence-electron chi connectivity index (χ4n) is 4.49. The maximum absolute atomic E-state index is 13.4. The van der Waals surface area contributed by atoms with Gasteiger partial charge in [-0.1, -0.05) is 54.6 Å². The molecule has 178 valence electrons. The van der Waals surface area contributed by atoms with Crippen LogP contribution >= 0.6 is 0 Å². The van der Waals surface area contributed by atoms with Gasteiger partial charge in [-0.3, -0.25) is 4.79 Å². The predicted octanol–water partition coefficient (Wildman–Crippen LogP) is 4.76. The molecule has 1 aliphatic carbocycles. The largest absolute Gasteiger partial charge is 0.469 e. The maximum atomic E-state index is 13.4. The Kier molecular flexibility index (Phi) is 7.05. The number of esters is 1. The van der Waals surface area contributed by atoms with Crippen molar-refractivity contribution in [3.63, 3.8) is 0 Å². The maximum Gasteiger partial charge on any atom is 0.416 e. The van der Waals surface area contributed by atoms with Crippen LogP contribution in [-0.4, -0.2) is 24.3 Å². The molecule has 0 spiro atoms. The van der Waals surface area contributed by atoms with Crippen LogP contribution < -0.4 is 5.32 Å². The summed E-state index contributed by atoms with van der Waals surface area (Å²) in [6.07, 6.45) is -4.04. The number of ether oxygens (including phenoxy) is 1. The number of fused-ring (bicyclic) bond motifs is 1. The van der Waals surface area contributed by atoms with E-state index in [2.05, 4.69) is 5.32 Å². The van der Waals surface area contributed by atoms with Gasteiger partial charge in [0.15, 0.2) is 0 Å². The molecule has 0 amide bonds. The summed E-state index contributed by atoms with van der Waals surface area (Å²) in [7, 11) is 1.33. The van der Waals surface area contributed by atoms with Crippen LogP contribution in [0.1, 0.15) is 45.0 Å². The van der Waals surface area contributed by atoms with E-state index < -0.39 is 17.8 Å². The third-order valence-electron chi connectivity index (χ3n) is 6.21. The number of halogens is 3. The number of nitrogens with one attached hydrogen (secondary N) is 1. The first-order chi connectivity index (χ1) is 16.2. The number of rotatable bonds is 7. The van der Waals surface area contributed by atoms with Crippen LogP contribution in [0, 0.1) is 0 Å². The first-order valence-corrected chi connectivity index (χ1v) is 11.1. The van der Waals surface area contributed by atoms with Gasteiger partial charge in [-0.05, 0) is 51.9 Å². The zero-order valence-electron chi connectivity index (χ0n) is 18.7. The van der Waals surface area contributed by atoms with E-state index in [1.54, 1.807) is 0 Å². The Morgan fingerprint density at radius 3 is 2.56 bits per heavy atom. The molecule has 0 unspecified atom stereocenters. The molecular weight excluding hydrogens is 443 g/mol. The number of aliphatic hydroxyl groups excluding tert-OH is 1. The SMILES string of the molecule is COC(=O)Cc1cccc(Cc2ccc(C(F)(F)F)cc2CN[C@H]2c3ccccc3C[C@H]2O)c1. The standard InChI is InChI=1S/C27H26F3NO3/c1-34-25(33)13-18-6-4-5-17(11-18)12-19-9-10-22(27(28,29)30)14-21(19)16-31-26-23-8-3-2-7-20(23)15-24(26)32/h2-11,14,24,26,31-32H,12-13,15-16H2,1H3/t24-,26+/m1/s1. The molecule has 3 aromatic rings. The Bertz CT molecular complexity index is 1180. The fourth-order valence-corrected chi connectivity index (χ4v) is 4.49. The average Bonchev–Trinajstić information content (AvgIpc) is 3.12. The first-order valence-electron chi connectivity index (χ1n) is 11.1. The van der Waals surface area contributed by atoms with Crippen molar-refractivity contribution in [3.05, 3.63) is 106 Å². The molecule has 2 N–H and O–H groups in total. The van der Waals surface area contributed by atoms with Gasteiger partial charge < -0.3 is 15.2 Å². The molecule has 0 saturated carbocycles. The summed E-state index contributed by atoms with van der Waals surface area (Å²) in [5.41, 5.74) is 4.23. The Labute approximate surface area is 196 Å². The van der Waals surface area contributed by atoms with Crippen LogP contribution in [0.3, 0.4) is 0 Å². The molecule has 7 heteroatoms. The minimum absolute atomic E-state index is 0.130. The van der Waals surface area contributed by atoms with Gasteiger partial charge in [0.1, 0.15) is 0 Å². The van der Waals surface area contributed by atoms with E-state index in [0.29, 0.717) is 18.4 Å². The highest BCUT2D eigenvalue weighted by Gasteiger charge is 2.32. The summed E-state index contributed by atoms with van der Waals surface area (Å²) in [6.45, 7) is 0.178. The van der Waals surface area contributed by atoms with Crippen molar-refractivity contribution in [1.82, 2.24) is 5.32 Å². The zero-order valence-corrected chi connectivity index (χ0v) is 18.7. The second kappa shape index (κ2) is 9.99. The Hall–Kier alpha value is -3.16. The van der Waals surface area contributed by atoms with Gasteiger partial charge >= 0.3 is 12.1 Å². The molecule has 0 fully saturated rings. The van der Waals surface area contributed by atoms with E-state index in [9.17, 15) is 23.1 Å². The molecule has 1 aliphatic rings. The summed E-state index contributed by atoms with van der Waals surface area (Å²) >= 11 is 0. The molecule has 0 radical (unpaired) electrons. The molecule has 2 atom stereocenters. The highest BCUT2D eigenvalue weighted by Crippen LogP contribution is 2.33. The van der Waals surface area contributed by atoms with Crippen molar-refractivity contribution in [2.24, 2.45) is 0 Å². The van der Waals surface area contributed by atoms with E-state index in [4.69, 9.17) is 4.74 Å². The van der Waals surface area contributed by atoms with E-state index in [1.807, 2.05) is 48.5 Å². The molecule has 0 saturated heterocycles. The van der Waals surface area contributed by atoms with Gasteiger partial charge in [0.05, 0.1) is 31.2 Å². The van der Waals surface area contributed by atoms with Crippen LogP contribution in [0.25, 0.3) is 0 Å². The second-order valence-corrected chi connectivity index (χ2v) is 8.56. The van der Waals surface area contributed by atoms with E-state index >= 15 is 0 Å². The summed E-state index contributed by atoms with van der Waals surface area (Å²) in [5.74, 6) is -0.355. The van der Waals surface area contributed by atoms with E-state index in [-0.39, 0.29) is 25.0 Å². The second-order valence-electron chi connectivity index (χ2n) is 8.56. The lowest BCUT2D eigenvalue weighted by molar-refractivity contribution is -0.140. The van der Waals surface area contributed by atoms with Crippen LogP contribution in [0.4, 0.5) is 13.2 Å². The van der Waals surface area contributed by atoms with Gasteiger partial charge in [0.2, 0.25) is 0 Å². The predicted molar refractivity (Wildman–Crippen MR) is 122 cm³/mol. The number of alkyl halides is 3. The lowest BCUT2D eigenvalue weighted by Gasteiger charge is -2.20. The summed E-state index contributed by atoms with van der Waals surface area (Å²) in [4.78, 5) is 11.6. The summed E-state index contributed by atoms with van der Waals surface area (Å²) in [6, 6.07) is 18.5. The van der Waals surface area contributed by atoms with E-state index in [1.165, 1.54) is 19.2 Å². The van der Waals surface area contributed by atoms with Crippen LogP contribution in [0.2, 0.25) is 0 Å². The fraction of sp³-hybridized carbons (Fsp3) is 0.296. The van der Waals surface area contributed by atoms with Gasteiger partial charge in [0.25, 0.3) is 0 Å². The van der Waals surface area contributed by atoms with Crippen molar-refractivity contribution < 1.29 is 27.8 Å². The lowest BCUT2D eigenvalue weighted by Crippen LogP contribution is -2.28. The summed E-state index contributed by atoms with van der Waals surface area (Å²) in [5, 5.41) is 13.8. The number of carbonyl (C=O) groups is 1. The number of hydrogen-bond acceptors (Lipinski definition) is 4. The van der Waals surface area contributed by atoms with Gasteiger partial charge in [0, 0.05) is 13.0 Å². The minimum atomic E-state index is -4.45. The van der Waals surface area contributed by atoms with Crippen molar-refractivity contribution in [2.75, 3.05) is 7.11 Å². The minimum Gasteiger partial charge on any atom is -0.469 e. The monoisotopic (exact) mass is 469 g/mol. The summed E-state index contributed by atoms with van der Waals surface area (Å²) < 4.78 is 45.0. The number of benzene rings is 3. The molecule has 3 aromatic carbocycles. The van der Waals surface area contributed by atoms with Gasteiger partial charge in [-0.25, -0.2) is 0 Å².